The highest BCUT2D eigenvalue weighted by molar-refractivity contribution is 6.30. The Morgan fingerprint density at radius 1 is 1.12 bits per heavy atom. The van der Waals surface area contributed by atoms with Gasteiger partial charge in [0.2, 0.25) is 5.95 Å². The van der Waals surface area contributed by atoms with Gasteiger partial charge in [-0.2, -0.15) is 4.98 Å². The second kappa shape index (κ2) is 6.55. The van der Waals surface area contributed by atoms with Crippen molar-refractivity contribution in [1.29, 1.82) is 0 Å². The van der Waals surface area contributed by atoms with Crippen molar-refractivity contribution >= 4 is 29.1 Å². The molecule has 0 aliphatic carbocycles. The second-order valence-corrected chi connectivity index (χ2v) is 6.40. The van der Waals surface area contributed by atoms with Crippen LogP contribution in [-0.2, 0) is 9.47 Å². The first kappa shape index (κ1) is 15.6. The summed E-state index contributed by atoms with van der Waals surface area (Å²) < 4.78 is 11.5. The van der Waals surface area contributed by atoms with Crippen LogP contribution in [-0.4, -0.2) is 42.1 Å². The summed E-state index contributed by atoms with van der Waals surface area (Å²) in [5.74, 6) is 1.09. The van der Waals surface area contributed by atoms with E-state index in [1.54, 1.807) is 6.20 Å². The quantitative estimate of drug-likeness (QED) is 0.920. The number of nitrogens with zero attached hydrogens (tertiary/aromatic N) is 3. The Morgan fingerprint density at radius 2 is 1.92 bits per heavy atom. The van der Waals surface area contributed by atoms with E-state index in [1.807, 2.05) is 30.3 Å². The van der Waals surface area contributed by atoms with Crippen molar-refractivity contribution in [2.45, 2.75) is 18.6 Å². The van der Waals surface area contributed by atoms with E-state index in [1.165, 1.54) is 0 Å². The molecule has 0 unspecified atom stereocenters. The SMILES string of the molecule is Clc1cccc(Nc2nccc(N3CCC4(CC3)OCCO4)n2)c1. The molecule has 0 atom stereocenters. The number of hydrogen-bond acceptors (Lipinski definition) is 6. The molecule has 2 aromatic rings. The molecule has 24 heavy (non-hydrogen) atoms. The lowest BCUT2D eigenvalue weighted by Gasteiger charge is -2.38. The molecular formula is C17H19ClN4O2. The Labute approximate surface area is 145 Å². The number of piperidine rings is 1. The van der Waals surface area contributed by atoms with E-state index < -0.39 is 0 Å². The monoisotopic (exact) mass is 346 g/mol. The number of benzene rings is 1. The van der Waals surface area contributed by atoms with Gasteiger partial charge in [-0.3, -0.25) is 0 Å². The summed E-state index contributed by atoms with van der Waals surface area (Å²) in [5.41, 5.74) is 0.866. The number of anilines is 3. The van der Waals surface area contributed by atoms with E-state index in [0.717, 1.165) is 37.4 Å². The molecule has 0 bridgehead atoms. The van der Waals surface area contributed by atoms with Gasteiger partial charge < -0.3 is 19.7 Å². The van der Waals surface area contributed by atoms with Crippen molar-refractivity contribution in [2.75, 3.05) is 36.5 Å². The molecule has 7 heteroatoms. The van der Waals surface area contributed by atoms with Gasteiger partial charge in [-0.15, -0.1) is 0 Å². The van der Waals surface area contributed by atoms with Crippen LogP contribution in [0.2, 0.25) is 5.02 Å². The van der Waals surface area contributed by atoms with Crippen molar-refractivity contribution in [1.82, 2.24) is 9.97 Å². The standard InChI is InChI=1S/C17H19ClN4O2/c18-13-2-1-3-14(12-13)20-16-19-7-4-15(21-16)22-8-5-17(6-9-22)23-10-11-24-17/h1-4,7,12H,5-6,8-11H2,(H,19,20,21). The maximum Gasteiger partial charge on any atom is 0.229 e. The fraction of sp³-hybridized carbons (Fsp3) is 0.412. The average molecular weight is 347 g/mol. The van der Waals surface area contributed by atoms with Gasteiger partial charge in [0.05, 0.1) is 13.2 Å². The Hall–Kier alpha value is -1.89. The molecule has 0 saturated carbocycles. The predicted octanol–water partition coefficient (Wildman–Crippen LogP) is 3.22. The van der Waals surface area contributed by atoms with Crippen LogP contribution >= 0.6 is 11.6 Å². The van der Waals surface area contributed by atoms with Gasteiger partial charge in [-0.25, -0.2) is 4.98 Å². The van der Waals surface area contributed by atoms with Gasteiger partial charge in [0.25, 0.3) is 0 Å². The predicted molar refractivity (Wildman–Crippen MR) is 92.8 cm³/mol. The first-order valence-corrected chi connectivity index (χ1v) is 8.49. The average Bonchev–Trinajstić information content (AvgIpc) is 3.04. The molecule has 4 rings (SSSR count). The minimum absolute atomic E-state index is 0.370. The summed E-state index contributed by atoms with van der Waals surface area (Å²) in [6.45, 7) is 3.10. The van der Waals surface area contributed by atoms with Crippen molar-refractivity contribution < 1.29 is 9.47 Å². The lowest BCUT2D eigenvalue weighted by atomic mass is 10.0. The number of hydrogen-bond donors (Lipinski definition) is 1. The van der Waals surface area contributed by atoms with Crippen molar-refractivity contribution in [3.63, 3.8) is 0 Å². The lowest BCUT2D eigenvalue weighted by Crippen LogP contribution is -2.45. The minimum atomic E-state index is -0.370. The molecule has 0 radical (unpaired) electrons. The van der Waals surface area contributed by atoms with Crippen LogP contribution in [0.15, 0.2) is 36.5 Å². The number of rotatable bonds is 3. The van der Waals surface area contributed by atoms with Gasteiger partial charge in [0, 0.05) is 42.8 Å². The highest BCUT2D eigenvalue weighted by atomic mass is 35.5. The smallest absolute Gasteiger partial charge is 0.229 e. The Kier molecular flexibility index (Phi) is 4.26. The molecule has 1 spiro atoms. The summed E-state index contributed by atoms with van der Waals surface area (Å²) in [6, 6.07) is 9.43. The number of ether oxygens (including phenoxy) is 2. The van der Waals surface area contributed by atoms with Gasteiger partial charge in [0.15, 0.2) is 5.79 Å². The van der Waals surface area contributed by atoms with E-state index in [-0.39, 0.29) is 5.79 Å². The zero-order valence-electron chi connectivity index (χ0n) is 13.2. The number of nitrogens with one attached hydrogen (secondary N) is 1. The largest absolute Gasteiger partial charge is 0.356 e. The summed E-state index contributed by atoms with van der Waals surface area (Å²) in [4.78, 5) is 11.1. The van der Waals surface area contributed by atoms with Gasteiger partial charge in [-0.05, 0) is 24.3 Å². The first-order valence-electron chi connectivity index (χ1n) is 8.11. The molecule has 126 valence electrons. The van der Waals surface area contributed by atoms with Crippen molar-refractivity contribution in [3.8, 4) is 0 Å². The van der Waals surface area contributed by atoms with E-state index in [9.17, 15) is 0 Å². The molecule has 3 heterocycles. The van der Waals surface area contributed by atoms with Crippen molar-refractivity contribution in [3.05, 3.63) is 41.6 Å². The molecule has 2 saturated heterocycles. The van der Waals surface area contributed by atoms with Crippen LogP contribution in [0.25, 0.3) is 0 Å². The molecule has 1 aromatic carbocycles. The minimum Gasteiger partial charge on any atom is -0.356 e. The maximum atomic E-state index is 6.01. The summed E-state index contributed by atoms with van der Waals surface area (Å²) in [5, 5.41) is 3.87. The molecule has 2 aliphatic heterocycles. The molecule has 0 amide bonds. The van der Waals surface area contributed by atoms with E-state index in [0.29, 0.717) is 24.2 Å². The van der Waals surface area contributed by atoms with Crippen LogP contribution in [0.4, 0.5) is 17.5 Å². The zero-order chi connectivity index (χ0) is 16.4. The third kappa shape index (κ3) is 3.31. The molecule has 2 aliphatic rings. The van der Waals surface area contributed by atoms with Crippen LogP contribution in [0.5, 0.6) is 0 Å². The first-order chi connectivity index (χ1) is 11.7. The zero-order valence-corrected chi connectivity index (χ0v) is 14.0. The van der Waals surface area contributed by atoms with Gasteiger partial charge in [-0.1, -0.05) is 17.7 Å². The van der Waals surface area contributed by atoms with Crippen molar-refractivity contribution in [2.24, 2.45) is 0 Å². The lowest BCUT2D eigenvalue weighted by molar-refractivity contribution is -0.169. The molecule has 6 nitrogen and oxygen atoms in total. The highest BCUT2D eigenvalue weighted by Crippen LogP contribution is 2.32. The fourth-order valence-corrected chi connectivity index (χ4v) is 3.33. The number of aromatic nitrogens is 2. The Bertz CT molecular complexity index is 711. The van der Waals surface area contributed by atoms with E-state index >= 15 is 0 Å². The molecule has 2 fully saturated rings. The molecule has 1 N–H and O–H groups in total. The van der Waals surface area contributed by atoms with Crippen LogP contribution in [0.1, 0.15) is 12.8 Å². The summed E-state index contributed by atoms with van der Waals surface area (Å²) in [6.07, 6.45) is 3.48. The fourth-order valence-electron chi connectivity index (χ4n) is 3.14. The van der Waals surface area contributed by atoms with Gasteiger partial charge >= 0.3 is 0 Å². The van der Waals surface area contributed by atoms with Crippen LogP contribution in [0, 0.1) is 0 Å². The van der Waals surface area contributed by atoms with Gasteiger partial charge in [0.1, 0.15) is 5.82 Å². The van der Waals surface area contributed by atoms with Crippen LogP contribution < -0.4 is 10.2 Å². The Balaban J connectivity index is 1.45. The molecular weight excluding hydrogens is 328 g/mol. The summed E-state index contributed by atoms with van der Waals surface area (Å²) in [7, 11) is 0. The van der Waals surface area contributed by atoms with E-state index in [2.05, 4.69) is 20.2 Å². The molecule has 1 aromatic heterocycles. The third-order valence-corrected chi connectivity index (χ3v) is 4.62. The van der Waals surface area contributed by atoms with Crippen LogP contribution in [0.3, 0.4) is 0 Å². The third-order valence-electron chi connectivity index (χ3n) is 4.38. The normalized spacial score (nSPS) is 19.6. The maximum absolute atomic E-state index is 6.01. The Morgan fingerprint density at radius 3 is 2.67 bits per heavy atom. The topological polar surface area (TPSA) is 59.5 Å². The van der Waals surface area contributed by atoms with E-state index in [4.69, 9.17) is 21.1 Å². The summed E-state index contributed by atoms with van der Waals surface area (Å²) >= 11 is 6.01. The highest BCUT2D eigenvalue weighted by Gasteiger charge is 2.40. The second-order valence-electron chi connectivity index (χ2n) is 5.97. The number of halogens is 1.